The minimum Gasteiger partial charge on any atom is -0.369 e. The summed E-state index contributed by atoms with van der Waals surface area (Å²) in [4.78, 5) is 38.4. The Kier molecular flexibility index (Phi) is 8.25. The Balaban J connectivity index is 1.27. The Labute approximate surface area is 221 Å². The molecule has 2 heterocycles. The molecule has 0 spiro atoms. The van der Waals surface area contributed by atoms with Crippen LogP contribution < -0.4 is 27.0 Å². The molecule has 2 aliphatic rings. The Morgan fingerprint density at radius 2 is 1.68 bits per heavy atom. The van der Waals surface area contributed by atoms with Crippen LogP contribution in [0, 0.1) is 12.3 Å². The number of piperazine rings is 1. The topological polar surface area (TPSA) is 145 Å². The number of amides is 3. The fourth-order valence-corrected chi connectivity index (χ4v) is 4.17. The van der Waals surface area contributed by atoms with Crippen molar-refractivity contribution in [3.05, 3.63) is 60.2 Å². The summed E-state index contributed by atoms with van der Waals surface area (Å²) >= 11 is 0. The molecule has 0 unspecified atom stereocenters. The maximum atomic E-state index is 12.3. The SMILES string of the molecule is C#CC(=O)N1CC=C(c2ccc(NC(=O)N/C(N)=N\C(N)=Nc3ccc(N4CCN(C)CC4)cc3)cc2)C1. The lowest BCUT2D eigenvalue weighted by Gasteiger charge is -2.34. The van der Waals surface area contributed by atoms with Crippen LogP contribution in [0.15, 0.2) is 64.6 Å². The number of hydrogen-bond acceptors (Lipinski definition) is 5. The number of nitrogens with one attached hydrogen (secondary N) is 2. The molecule has 0 atom stereocenters. The number of nitrogens with two attached hydrogens (primary N) is 2. The van der Waals surface area contributed by atoms with Crippen LogP contribution in [0.3, 0.4) is 0 Å². The van der Waals surface area contributed by atoms with Gasteiger partial charge in [0.1, 0.15) is 0 Å². The molecule has 0 aromatic heterocycles. The highest BCUT2D eigenvalue weighted by atomic mass is 16.2. The van der Waals surface area contributed by atoms with Gasteiger partial charge >= 0.3 is 6.03 Å². The largest absolute Gasteiger partial charge is 0.369 e. The van der Waals surface area contributed by atoms with Crippen LogP contribution in [0.4, 0.5) is 21.9 Å². The third kappa shape index (κ3) is 6.89. The molecule has 2 aromatic rings. The van der Waals surface area contributed by atoms with Crippen LogP contribution in [0.25, 0.3) is 5.57 Å². The predicted octanol–water partition coefficient (Wildman–Crippen LogP) is 1.38. The molecule has 0 aliphatic carbocycles. The van der Waals surface area contributed by atoms with Gasteiger partial charge in [-0.25, -0.2) is 9.79 Å². The zero-order valence-corrected chi connectivity index (χ0v) is 21.2. The van der Waals surface area contributed by atoms with E-state index in [9.17, 15) is 9.59 Å². The highest BCUT2D eigenvalue weighted by Gasteiger charge is 2.19. The summed E-state index contributed by atoms with van der Waals surface area (Å²) < 4.78 is 0. The van der Waals surface area contributed by atoms with Crippen molar-refractivity contribution in [3.8, 4) is 12.3 Å². The van der Waals surface area contributed by atoms with Gasteiger partial charge in [-0.1, -0.05) is 18.2 Å². The van der Waals surface area contributed by atoms with E-state index >= 15 is 0 Å². The molecule has 0 saturated carbocycles. The number of terminal acetylenes is 1. The van der Waals surface area contributed by atoms with E-state index in [1.54, 1.807) is 17.0 Å². The molecule has 38 heavy (non-hydrogen) atoms. The van der Waals surface area contributed by atoms with E-state index < -0.39 is 6.03 Å². The van der Waals surface area contributed by atoms with Gasteiger partial charge in [-0.3, -0.25) is 10.1 Å². The second kappa shape index (κ2) is 11.9. The van der Waals surface area contributed by atoms with Gasteiger partial charge in [0.25, 0.3) is 5.91 Å². The molecule has 6 N–H and O–H groups in total. The number of nitrogens with zero attached hydrogens (tertiary/aromatic N) is 5. The summed E-state index contributed by atoms with van der Waals surface area (Å²) in [6, 6.07) is 14.3. The average Bonchev–Trinajstić information content (AvgIpc) is 3.40. The third-order valence-electron chi connectivity index (χ3n) is 6.28. The van der Waals surface area contributed by atoms with Gasteiger partial charge in [0.15, 0.2) is 0 Å². The molecule has 4 rings (SSSR count). The third-order valence-corrected chi connectivity index (χ3v) is 6.28. The molecular weight excluding hydrogens is 482 g/mol. The van der Waals surface area contributed by atoms with Gasteiger partial charge in [-0.15, -0.1) is 6.42 Å². The van der Waals surface area contributed by atoms with E-state index in [1.165, 1.54) is 0 Å². The summed E-state index contributed by atoms with van der Waals surface area (Å²) in [5.74, 6) is 1.51. The number of benzene rings is 2. The maximum absolute atomic E-state index is 12.3. The minimum atomic E-state index is -0.575. The van der Waals surface area contributed by atoms with Gasteiger partial charge in [0.05, 0.1) is 5.69 Å². The number of aliphatic imine (C=N–C) groups is 2. The lowest BCUT2D eigenvalue weighted by Crippen LogP contribution is -2.44. The summed E-state index contributed by atoms with van der Waals surface area (Å²) in [5, 5.41) is 5.11. The number of carbonyl (C=O) groups excluding carboxylic acids is 2. The molecule has 1 saturated heterocycles. The number of carbonyl (C=O) groups is 2. The van der Waals surface area contributed by atoms with Crippen molar-refractivity contribution in [3.63, 3.8) is 0 Å². The van der Waals surface area contributed by atoms with Crippen molar-refractivity contribution in [1.82, 2.24) is 15.1 Å². The molecule has 0 radical (unpaired) electrons. The first-order chi connectivity index (χ1) is 18.3. The molecule has 2 aromatic carbocycles. The van der Waals surface area contributed by atoms with Crippen LogP contribution in [0.5, 0.6) is 0 Å². The van der Waals surface area contributed by atoms with Crippen molar-refractivity contribution >= 4 is 46.5 Å². The fraction of sp³-hybridized carbons (Fsp3) is 0.259. The first-order valence-corrected chi connectivity index (χ1v) is 12.2. The van der Waals surface area contributed by atoms with Gasteiger partial charge < -0.3 is 31.5 Å². The minimum absolute atomic E-state index is 0.0818. The van der Waals surface area contributed by atoms with Crippen LogP contribution in [-0.2, 0) is 4.79 Å². The zero-order valence-electron chi connectivity index (χ0n) is 21.2. The van der Waals surface area contributed by atoms with Gasteiger partial charge in [-0.2, -0.15) is 4.99 Å². The molecule has 11 heteroatoms. The standard InChI is InChI=1S/C27H31N9O2/c1-3-24(37)36-13-12-20(18-36)19-4-6-22(7-5-19)31-27(38)33-26(29)32-25(28)30-21-8-10-23(11-9-21)35-16-14-34(2)15-17-35/h1,4-12H,13-18H2,2H3,(H6,28,29,30,31,32,33,38). The zero-order chi connectivity index (χ0) is 27.1. The van der Waals surface area contributed by atoms with Gasteiger partial charge in [0, 0.05) is 50.6 Å². The van der Waals surface area contributed by atoms with Crippen molar-refractivity contribution in [1.29, 1.82) is 0 Å². The molecular formula is C27H31N9O2. The molecule has 11 nitrogen and oxygen atoms in total. The molecule has 196 valence electrons. The second-order valence-electron chi connectivity index (χ2n) is 8.99. The Morgan fingerprint density at radius 1 is 1.00 bits per heavy atom. The number of anilines is 2. The summed E-state index contributed by atoms with van der Waals surface area (Å²) in [6.45, 7) is 4.94. The lowest BCUT2D eigenvalue weighted by molar-refractivity contribution is -0.123. The smallest absolute Gasteiger partial charge is 0.325 e. The van der Waals surface area contributed by atoms with E-state index in [0.29, 0.717) is 24.5 Å². The van der Waals surface area contributed by atoms with Crippen LogP contribution in [-0.4, -0.2) is 80.0 Å². The first kappa shape index (κ1) is 26.2. The monoisotopic (exact) mass is 513 g/mol. The number of urea groups is 1. The van der Waals surface area contributed by atoms with Gasteiger partial charge in [-0.05, 0) is 60.5 Å². The number of rotatable bonds is 4. The molecule has 0 bridgehead atoms. The van der Waals surface area contributed by atoms with Crippen molar-refractivity contribution in [2.75, 3.05) is 56.5 Å². The van der Waals surface area contributed by atoms with E-state index in [2.05, 4.69) is 43.4 Å². The van der Waals surface area contributed by atoms with E-state index in [0.717, 1.165) is 43.0 Å². The number of guanidine groups is 2. The van der Waals surface area contributed by atoms with Crippen LogP contribution >= 0.6 is 0 Å². The Hall–Kier alpha value is -4.82. The van der Waals surface area contributed by atoms with Crippen LogP contribution in [0.1, 0.15) is 5.56 Å². The summed E-state index contributed by atoms with van der Waals surface area (Å²) in [5.41, 5.74) is 16.0. The summed E-state index contributed by atoms with van der Waals surface area (Å²) in [6.07, 6.45) is 7.14. The second-order valence-corrected chi connectivity index (χ2v) is 8.99. The maximum Gasteiger partial charge on any atom is 0.325 e. The van der Waals surface area contributed by atoms with E-state index in [1.807, 2.05) is 42.5 Å². The Bertz CT molecular complexity index is 1300. The Morgan fingerprint density at radius 3 is 2.34 bits per heavy atom. The van der Waals surface area contributed by atoms with Crippen molar-refractivity contribution < 1.29 is 9.59 Å². The number of likely N-dealkylation sites (N-methyl/N-ethyl adjacent to an activating group) is 1. The molecule has 3 amide bonds. The quantitative estimate of drug-likeness (QED) is 0.276. The molecule has 1 fully saturated rings. The number of hydrogen-bond donors (Lipinski definition) is 4. The van der Waals surface area contributed by atoms with Gasteiger partial charge in [0.2, 0.25) is 11.9 Å². The van der Waals surface area contributed by atoms with Crippen molar-refractivity contribution in [2.24, 2.45) is 21.5 Å². The first-order valence-electron chi connectivity index (χ1n) is 12.2. The normalized spacial score (nSPS) is 16.6. The lowest BCUT2D eigenvalue weighted by atomic mass is 10.1. The fourth-order valence-electron chi connectivity index (χ4n) is 4.17. The average molecular weight is 514 g/mol. The summed E-state index contributed by atoms with van der Waals surface area (Å²) in [7, 11) is 2.12. The van der Waals surface area contributed by atoms with Crippen molar-refractivity contribution in [2.45, 2.75) is 0 Å². The van der Waals surface area contributed by atoms with E-state index in [4.69, 9.17) is 17.9 Å². The molecule has 2 aliphatic heterocycles. The van der Waals surface area contributed by atoms with E-state index in [-0.39, 0.29) is 17.8 Å². The highest BCUT2D eigenvalue weighted by molar-refractivity contribution is 6.05. The predicted molar refractivity (Wildman–Crippen MR) is 151 cm³/mol. The van der Waals surface area contributed by atoms with Crippen LogP contribution in [0.2, 0.25) is 0 Å². The highest BCUT2D eigenvalue weighted by Crippen LogP contribution is 2.23.